The van der Waals surface area contributed by atoms with Gasteiger partial charge >= 0.3 is 0 Å². The van der Waals surface area contributed by atoms with Crippen LogP contribution in [0.25, 0.3) is 10.9 Å². The van der Waals surface area contributed by atoms with E-state index in [1.54, 1.807) is 34.9 Å². The quantitative estimate of drug-likeness (QED) is 0.444. The van der Waals surface area contributed by atoms with Crippen molar-refractivity contribution in [2.45, 2.75) is 69.8 Å². The van der Waals surface area contributed by atoms with Crippen molar-refractivity contribution in [2.75, 3.05) is 13.1 Å². The van der Waals surface area contributed by atoms with Crippen molar-refractivity contribution in [3.8, 4) is 0 Å². The number of benzene rings is 2. The van der Waals surface area contributed by atoms with E-state index in [-0.39, 0.29) is 59.6 Å². The van der Waals surface area contributed by atoms with Gasteiger partial charge in [-0.1, -0.05) is 30.3 Å². The lowest BCUT2D eigenvalue weighted by molar-refractivity contribution is 0.0301. The Labute approximate surface area is 232 Å². The molecule has 0 spiro atoms. The highest BCUT2D eigenvalue weighted by molar-refractivity contribution is 6.21. The van der Waals surface area contributed by atoms with Crippen molar-refractivity contribution >= 4 is 28.6 Å². The number of imide groups is 1. The van der Waals surface area contributed by atoms with E-state index >= 15 is 0 Å². The van der Waals surface area contributed by atoms with E-state index in [2.05, 4.69) is 10.2 Å². The first-order chi connectivity index (χ1) is 19.2. The monoisotopic (exact) mass is 542 g/mol. The van der Waals surface area contributed by atoms with Crippen molar-refractivity contribution in [1.82, 2.24) is 19.7 Å². The van der Waals surface area contributed by atoms with Gasteiger partial charge in [0.25, 0.3) is 23.3 Å². The minimum absolute atomic E-state index is 0.0491. The molecule has 3 amide bonds. The molecule has 0 saturated carbocycles. The van der Waals surface area contributed by atoms with Crippen LogP contribution < -0.4 is 10.9 Å². The van der Waals surface area contributed by atoms with Crippen LogP contribution in [0.1, 0.15) is 76.6 Å². The standard InChI is InChI=1S/C31H34N4O5/c1-18(2)35-27-10-6-3-7-19(27)13-26(31(35)40)28(37)32-20-14-21-11-12-22(15-20)33(21)16-23(36)17-34-29(38)24-8-4-5-9-25(24)30(34)39/h3-10,13,18,20-23,36H,11-12,14-17H2,1-2H3,(H,32,37). The van der Waals surface area contributed by atoms with Crippen molar-refractivity contribution in [3.63, 3.8) is 0 Å². The number of rotatable bonds is 7. The predicted molar refractivity (Wildman–Crippen MR) is 150 cm³/mol. The summed E-state index contributed by atoms with van der Waals surface area (Å²) in [6.45, 7) is 4.18. The second kappa shape index (κ2) is 10.3. The summed E-state index contributed by atoms with van der Waals surface area (Å²) in [6.07, 6.45) is 2.46. The number of β-amino-alcohol motifs (C(OH)–C–C–N with tert-alkyl or cyclic N) is 1. The number of carbonyl (C=O) groups is 3. The minimum Gasteiger partial charge on any atom is -0.390 e. The molecule has 2 aromatic carbocycles. The fourth-order valence-corrected chi connectivity index (χ4v) is 6.83. The number of aliphatic hydroxyl groups excluding tert-OH is 1. The number of amides is 3. The molecule has 3 atom stereocenters. The van der Waals surface area contributed by atoms with Gasteiger partial charge in [-0.3, -0.25) is 29.0 Å². The van der Waals surface area contributed by atoms with Crippen LogP contribution in [-0.4, -0.2) is 74.5 Å². The zero-order valence-electron chi connectivity index (χ0n) is 22.7. The Hall–Kier alpha value is -3.82. The summed E-state index contributed by atoms with van der Waals surface area (Å²) < 4.78 is 1.67. The molecule has 208 valence electrons. The first-order valence-corrected chi connectivity index (χ1v) is 14.1. The molecular weight excluding hydrogens is 508 g/mol. The molecule has 9 nitrogen and oxygen atoms in total. The van der Waals surface area contributed by atoms with E-state index < -0.39 is 6.10 Å². The molecular formula is C31H34N4O5. The molecule has 40 heavy (non-hydrogen) atoms. The second-order valence-corrected chi connectivity index (χ2v) is 11.5. The van der Waals surface area contributed by atoms with Gasteiger partial charge in [-0.15, -0.1) is 0 Å². The number of hydrogen-bond donors (Lipinski definition) is 2. The summed E-state index contributed by atoms with van der Waals surface area (Å²) in [5.74, 6) is -1.09. The largest absolute Gasteiger partial charge is 0.390 e. The van der Waals surface area contributed by atoms with E-state index in [0.29, 0.717) is 30.5 Å². The maximum atomic E-state index is 13.3. The van der Waals surface area contributed by atoms with Crippen molar-refractivity contribution in [2.24, 2.45) is 0 Å². The molecule has 2 N–H and O–H groups in total. The minimum atomic E-state index is -0.872. The van der Waals surface area contributed by atoms with Gasteiger partial charge in [0.05, 0.1) is 29.3 Å². The maximum absolute atomic E-state index is 13.3. The van der Waals surface area contributed by atoms with Crippen molar-refractivity contribution in [3.05, 3.63) is 81.6 Å². The van der Waals surface area contributed by atoms with Gasteiger partial charge in [0.15, 0.2) is 0 Å². The highest BCUT2D eigenvalue weighted by Crippen LogP contribution is 2.36. The highest BCUT2D eigenvalue weighted by Gasteiger charge is 2.43. The normalized spacial score (nSPS) is 23.2. The maximum Gasteiger partial charge on any atom is 0.264 e. The van der Waals surface area contributed by atoms with Gasteiger partial charge in [0, 0.05) is 30.7 Å². The van der Waals surface area contributed by atoms with Crippen LogP contribution >= 0.6 is 0 Å². The first-order valence-electron chi connectivity index (χ1n) is 14.1. The molecule has 0 radical (unpaired) electrons. The fourth-order valence-electron chi connectivity index (χ4n) is 6.83. The Morgan fingerprint density at radius 3 is 2.15 bits per heavy atom. The summed E-state index contributed by atoms with van der Waals surface area (Å²) in [5, 5.41) is 14.9. The predicted octanol–water partition coefficient (Wildman–Crippen LogP) is 2.96. The molecule has 3 unspecified atom stereocenters. The van der Waals surface area contributed by atoms with Crippen molar-refractivity contribution in [1.29, 1.82) is 0 Å². The lowest BCUT2D eigenvalue weighted by atomic mass is 9.96. The van der Waals surface area contributed by atoms with Gasteiger partial charge < -0.3 is 15.0 Å². The molecule has 3 aromatic rings. The number of nitrogens with one attached hydrogen (secondary N) is 1. The van der Waals surface area contributed by atoms with Gasteiger partial charge in [0.2, 0.25) is 0 Å². The summed E-state index contributed by atoms with van der Waals surface area (Å²) in [4.78, 5) is 55.5. The number of carbonyl (C=O) groups excluding carboxylic acids is 3. The SMILES string of the molecule is CC(C)n1c(=O)c(C(=O)NC2CC3CCC(C2)N3CC(O)CN2C(=O)c3ccccc3C2=O)cc2ccccc21. The molecule has 2 saturated heterocycles. The van der Waals surface area contributed by atoms with Crippen LogP contribution in [0.15, 0.2) is 59.4 Å². The Morgan fingerprint density at radius 1 is 0.925 bits per heavy atom. The Kier molecular flexibility index (Phi) is 6.80. The third kappa shape index (κ3) is 4.53. The zero-order valence-corrected chi connectivity index (χ0v) is 22.7. The summed E-state index contributed by atoms with van der Waals surface area (Å²) >= 11 is 0. The Bertz CT molecular complexity index is 1510. The van der Waals surface area contributed by atoms with Gasteiger partial charge in [-0.2, -0.15) is 0 Å². The third-order valence-electron chi connectivity index (χ3n) is 8.62. The number of pyridine rings is 1. The number of piperidine rings is 1. The van der Waals surface area contributed by atoms with Gasteiger partial charge in [0.1, 0.15) is 5.56 Å². The Morgan fingerprint density at radius 2 is 1.52 bits per heavy atom. The van der Waals surface area contributed by atoms with Gasteiger partial charge in [-0.25, -0.2) is 0 Å². The zero-order chi connectivity index (χ0) is 28.1. The summed E-state index contributed by atoms with van der Waals surface area (Å²) in [7, 11) is 0. The number of fused-ring (bicyclic) bond motifs is 4. The molecule has 6 rings (SSSR count). The Balaban J connectivity index is 1.11. The molecule has 0 aliphatic carbocycles. The van der Waals surface area contributed by atoms with E-state index in [0.717, 1.165) is 28.6 Å². The lowest BCUT2D eigenvalue weighted by Gasteiger charge is -2.40. The molecule has 2 bridgehead atoms. The van der Waals surface area contributed by atoms with Gasteiger partial charge in [-0.05, 0) is 69.2 Å². The second-order valence-electron chi connectivity index (χ2n) is 11.5. The molecule has 3 aliphatic rings. The van der Waals surface area contributed by atoms with Crippen molar-refractivity contribution < 1.29 is 19.5 Å². The number of hydrogen-bond acceptors (Lipinski definition) is 6. The van der Waals surface area contributed by atoms with Crippen LogP contribution in [-0.2, 0) is 0 Å². The van der Waals surface area contributed by atoms with E-state index in [9.17, 15) is 24.3 Å². The molecule has 1 aromatic heterocycles. The number of nitrogens with zero attached hydrogens (tertiary/aromatic N) is 3. The number of para-hydroxylation sites is 1. The summed E-state index contributed by atoms with van der Waals surface area (Å²) in [5.41, 5.74) is 1.43. The van der Waals surface area contributed by atoms with E-state index in [1.807, 2.05) is 38.1 Å². The van der Waals surface area contributed by atoms with Crippen LogP contribution in [0.3, 0.4) is 0 Å². The number of aliphatic hydroxyl groups is 1. The van der Waals surface area contributed by atoms with E-state index in [4.69, 9.17) is 0 Å². The summed E-state index contributed by atoms with van der Waals surface area (Å²) in [6, 6.07) is 16.2. The average molecular weight is 543 g/mol. The van der Waals surface area contributed by atoms with E-state index in [1.165, 1.54) is 0 Å². The van der Waals surface area contributed by atoms with Crippen LogP contribution in [0.4, 0.5) is 0 Å². The third-order valence-corrected chi connectivity index (χ3v) is 8.62. The molecule has 2 fully saturated rings. The van der Waals surface area contributed by atoms with Crippen LogP contribution in [0, 0.1) is 0 Å². The number of aromatic nitrogens is 1. The molecule has 9 heteroatoms. The first kappa shape index (κ1) is 26.4. The topological polar surface area (TPSA) is 112 Å². The molecule has 4 heterocycles. The van der Waals surface area contributed by atoms with Crippen LogP contribution in [0.5, 0.6) is 0 Å². The fraction of sp³-hybridized carbons (Fsp3) is 0.419. The lowest BCUT2D eigenvalue weighted by Crippen LogP contribution is -2.53. The smallest absolute Gasteiger partial charge is 0.264 e. The average Bonchev–Trinajstić information content (AvgIpc) is 3.30. The van der Waals surface area contributed by atoms with Crippen LogP contribution in [0.2, 0.25) is 0 Å². The highest BCUT2D eigenvalue weighted by atomic mass is 16.3. The molecule has 3 aliphatic heterocycles.